The lowest BCUT2D eigenvalue weighted by atomic mass is 10.0. The van der Waals surface area contributed by atoms with Gasteiger partial charge in [-0.15, -0.1) is 0 Å². The molecule has 0 atom stereocenters. The molecule has 4 rings (SSSR count). The monoisotopic (exact) mass is 435 g/mol. The number of Topliss-reactive ketones (excluding diaryl/α,β-unsaturated/α-hetero) is 1. The molecule has 1 N–H and O–H groups in total. The van der Waals surface area contributed by atoms with Crippen LogP contribution >= 0.6 is 11.6 Å². The second-order valence-corrected chi connectivity index (χ2v) is 7.12. The van der Waals surface area contributed by atoms with E-state index in [1.165, 1.54) is 35.0 Å². The number of para-hydroxylation sites is 1. The maximum Gasteiger partial charge on any atom is 0.377 e. The first kappa shape index (κ1) is 20.4. The first-order chi connectivity index (χ1) is 14.8. The van der Waals surface area contributed by atoms with E-state index < -0.39 is 17.6 Å². The Morgan fingerprint density at radius 2 is 1.77 bits per heavy atom. The van der Waals surface area contributed by atoms with E-state index in [0.717, 1.165) is 5.39 Å². The van der Waals surface area contributed by atoms with Gasteiger partial charge in [0.25, 0.3) is 5.78 Å². The molecule has 31 heavy (non-hydrogen) atoms. The lowest BCUT2D eigenvalue weighted by Crippen LogP contribution is -2.15. The number of benzene rings is 2. The average Bonchev–Trinajstić information content (AvgIpc) is 3.05. The van der Waals surface area contributed by atoms with Gasteiger partial charge in [-0.3, -0.25) is 4.79 Å². The second-order valence-electron chi connectivity index (χ2n) is 6.76. The summed E-state index contributed by atoms with van der Waals surface area (Å²) in [6.07, 6.45) is 1.37. The minimum Gasteiger partial charge on any atom is -0.475 e. The standard InChI is InChI=1S/C23H15ClFN3O3/c1-13-17(22(24)28(27-13)16-9-7-15(25)8-10-16)12-18(21(29)23(30)31)20-11-6-14-4-2-3-5-19(14)26-20/h2-12H,1H3,(H,30,31)/b18-12-. The minimum atomic E-state index is -1.61. The SMILES string of the molecule is Cc1nn(-c2ccc(F)cc2)c(Cl)c1/C=C(\C(=O)C(=O)O)c1ccc2ccccc2n1. The number of carbonyl (C=O) groups excluding carboxylic acids is 1. The van der Waals surface area contributed by atoms with Crippen molar-refractivity contribution in [3.8, 4) is 5.69 Å². The predicted molar refractivity (Wildman–Crippen MR) is 116 cm³/mol. The maximum atomic E-state index is 13.3. The van der Waals surface area contributed by atoms with Gasteiger partial charge >= 0.3 is 5.97 Å². The van der Waals surface area contributed by atoms with Crippen LogP contribution in [0.4, 0.5) is 4.39 Å². The molecule has 0 unspecified atom stereocenters. The molecule has 0 spiro atoms. The van der Waals surface area contributed by atoms with E-state index in [1.807, 2.05) is 12.1 Å². The Labute approximate surface area is 181 Å². The summed E-state index contributed by atoms with van der Waals surface area (Å²) in [4.78, 5) is 28.4. The molecule has 0 aliphatic heterocycles. The van der Waals surface area contributed by atoms with Gasteiger partial charge in [-0.25, -0.2) is 18.9 Å². The summed E-state index contributed by atoms with van der Waals surface area (Å²) in [7, 11) is 0. The third kappa shape index (κ3) is 3.95. The van der Waals surface area contributed by atoms with Crippen LogP contribution in [0.3, 0.4) is 0 Å². The van der Waals surface area contributed by atoms with Crippen LogP contribution in [0.2, 0.25) is 5.15 Å². The van der Waals surface area contributed by atoms with E-state index in [9.17, 15) is 19.1 Å². The molecular weight excluding hydrogens is 421 g/mol. The van der Waals surface area contributed by atoms with Gasteiger partial charge in [0, 0.05) is 10.9 Å². The lowest BCUT2D eigenvalue weighted by molar-refractivity contribution is -0.146. The highest BCUT2D eigenvalue weighted by molar-refractivity contribution is 6.53. The number of carbonyl (C=O) groups is 2. The van der Waals surface area contributed by atoms with Crippen molar-refractivity contribution in [3.05, 3.63) is 88.6 Å². The van der Waals surface area contributed by atoms with Gasteiger partial charge in [0.2, 0.25) is 0 Å². The molecule has 0 saturated carbocycles. The fourth-order valence-corrected chi connectivity index (χ4v) is 3.49. The van der Waals surface area contributed by atoms with Crippen LogP contribution in [0, 0.1) is 12.7 Å². The number of ketones is 1. The number of pyridine rings is 1. The molecule has 154 valence electrons. The topological polar surface area (TPSA) is 85.1 Å². The molecule has 0 amide bonds. The van der Waals surface area contributed by atoms with Crippen molar-refractivity contribution < 1.29 is 19.1 Å². The maximum absolute atomic E-state index is 13.3. The number of nitrogens with zero attached hydrogens (tertiary/aromatic N) is 3. The molecule has 2 aromatic carbocycles. The number of hydrogen-bond acceptors (Lipinski definition) is 4. The van der Waals surface area contributed by atoms with E-state index >= 15 is 0 Å². The predicted octanol–water partition coefficient (Wildman–Crippen LogP) is 4.72. The Morgan fingerprint density at radius 1 is 1.06 bits per heavy atom. The van der Waals surface area contributed by atoms with E-state index in [-0.39, 0.29) is 16.4 Å². The van der Waals surface area contributed by atoms with Crippen LogP contribution in [-0.4, -0.2) is 31.6 Å². The Kier molecular flexibility index (Phi) is 5.35. The lowest BCUT2D eigenvalue weighted by Gasteiger charge is -2.06. The van der Waals surface area contributed by atoms with Crippen molar-refractivity contribution in [1.29, 1.82) is 0 Å². The van der Waals surface area contributed by atoms with Gasteiger partial charge in [0.05, 0.1) is 28.2 Å². The van der Waals surface area contributed by atoms with Crippen LogP contribution in [-0.2, 0) is 9.59 Å². The molecule has 0 aliphatic carbocycles. The summed E-state index contributed by atoms with van der Waals surface area (Å²) < 4.78 is 14.6. The van der Waals surface area contributed by atoms with Crippen molar-refractivity contribution in [1.82, 2.24) is 14.8 Å². The van der Waals surface area contributed by atoms with Gasteiger partial charge in [-0.1, -0.05) is 35.9 Å². The summed E-state index contributed by atoms with van der Waals surface area (Å²) in [6, 6.07) is 16.2. The number of aliphatic carboxylic acids is 1. The molecule has 8 heteroatoms. The smallest absolute Gasteiger partial charge is 0.377 e. The van der Waals surface area contributed by atoms with E-state index in [4.69, 9.17) is 11.6 Å². The number of fused-ring (bicyclic) bond motifs is 1. The summed E-state index contributed by atoms with van der Waals surface area (Å²) >= 11 is 6.50. The van der Waals surface area contributed by atoms with Crippen molar-refractivity contribution in [2.75, 3.05) is 0 Å². The molecule has 2 heterocycles. The van der Waals surface area contributed by atoms with Crippen LogP contribution in [0.5, 0.6) is 0 Å². The highest BCUT2D eigenvalue weighted by Gasteiger charge is 2.23. The van der Waals surface area contributed by atoms with Crippen LogP contribution < -0.4 is 0 Å². The highest BCUT2D eigenvalue weighted by atomic mass is 35.5. The fourth-order valence-electron chi connectivity index (χ4n) is 3.16. The van der Waals surface area contributed by atoms with Crippen LogP contribution in [0.15, 0.2) is 60.7 Å². The number of carboxylic acids is 1. The Bertz CT molecular complexity index is 1360. The largest absolute Gasteiger partial charge is 0.475 e. The first-order valence-electron chi connectivity index (χ1n) is 9.21. The molecule has 4 aromatic rings. The van der Waals surface area contributed by atoms with E-state index in [1.54, 1.807) is 31.2 Å². The molecule has 0 fully saturated rings. The van der Waals surface area contributed by atoms with Crippen molar-refractivity contribution in [2.24, 2.45) is 0 Å². The molecule has 0 radical (unpaired) electrons. The zero-order valence-electron chi connectivity index (χ0n) is 16.2. The zero-order valence-corrected chi connectivity index (χ0v) is 17.0. The Hall–Kier alpha value is -3.84. The number of aromatic nitrogens is 3. The van der Waals surface area contributed by atoms with Gasteiger partial charge in [-0.05, 0) is 49.4 Å². The van der Waals surface area contributed by atoms with Gasteiger partial charge in [0.15, 0.2) is 0 Å². The molecule has 0 bridgehead atoms. The third-order valence-electron chi connectivity index (χ3n) is 4.72. The van der Waals surface area contributed by atoms with E-state index in [0.29, 0.717) is 22.5 Å². The number of halogens is 2. The molecule has 0 aliphatic rings. The highest BCUT2D eigenvalue weighted by Crippen LogP contribution is 2.29. The van der Waals surface area contributed by atoms with Gasteiger partial charge in [0.1, 0.15) is 11.0 Å². The van der Waals surface area contributed by atoms with Gasteiger partial charge in [-0.2, -0.15) is 5.10 Å². The first-order valence-corrected chi connectivity index (χ1v) is 9.59. The number of hydrogen-bond donors (Lipinski definition) is 1. The van der Waals surface area contributed by atoms with Crippen molar-refractivity contribution in [3.63, 3.8) is 0 Å². The van der Waals surface area contributed by atoms with Crippen molar-refractivity contribution >= 4 is 45.9 Å². The average molecular weight is 436 g/mol. The molecule has 0 saturated heterocycles. The van der Waals surface area contributed by atoms with Crippen LogP contribution in [0.25, 0.3) is 28.2 Å². The number of carboxylic acid groups (broad SMARTS) is 1. The summed E-state index contributed by atoms with van der Waals surface area (Å²) in [5, 5.41) is 14.7. The fraction of sp³-hybridized carbons (Fsp3) is 0.0435. The van der Waals surface area contributed by atoms with Crippen LogP contribution in [0.1, 0.15) is 17.0 Å². The Morgan fingerprint density at radius 3 is 2.48 bits per heavy atom. The zero-order chi connectivity index (χ0) is 22.1. The Balaban J connectivity index is 1.87. The van der Waals surface area contributed by atoms with Crippen molar-refractivity contribution in [2.45, 2.75) is 6.92 Å². The van der Waals surface area contributed by atoms with E-state index in [2.05, 4.69) is 10.1 Å². The molecule has 6 nitrogen and oxygen atoms in total. The number of rotatable bonds is 5. The van der Waals surface area contributed by atoms with Gasteiger partial charge < -0.3 is 5.11 Å². The second kappa shape index (κ2) is 8.12. The quantitative estimate of drug-likeness (QED) is 0.362. The summed E-state index contributed by atoms with van der Waals surface area (Å²) in [6.45, 7) is 1.68. The number of aryl methyl sites for hydroxylation is 1. The summed E-state index contributed by atoms with van der Waals surface area (Å²) in [5.74, 6) is -3.13. The molecular formula is C23H15ClFN3O3. The third-order valence-corrected chi connectivity index (χ3v) is 5.08. The normalized spacial score (nSPS) is 11.6. The molecule has 2 aromatic heterocycles. The minimum absolute atomic E-state index is 0.123. The summed E-state index contributed by atoms with van der Waals surface area (Å²) in [5.41, 5.74) is 2.05.